The van der Waals surface area contributed by atoms with Crippen molar-refractivity contribution in [2.75, 3.05) is 27.2 Å². The average molecular weight is 500 g/mol. The van der Waals surface area contributed by atoms with E-state index in [0.717, 1.165) is 29.1 Å². The lowest BCUT2D eigenvalue weighted by atomic mass is 9.96. The van der Waals surface area contributed by atoms with Crippen molar-refractivity contribution < 1.29 is 9.59 Å². The molecule has 0 bridgehead atoms. The molecule has 0 spiro atoms. The highest BCUT2D eigenvalue weighted by molar-refractivity contribution is 6.03. The fraction of sp³-hybridized carbons (Fsp3) is 0.286. The Balaban J connectivity index is 1.70. The van der Waals surface area contributed by atoms with E-state index in [0.29, 0.717) is 42.8 Å². The van der Waals surface area contributed by atoms with Crippen LogP contribution in [0.5, 0.6) is 0 Å². The minimum atomic E-state index is -0.528. The van der Waals surface area contributed by atoms with Gasteiger partial charge in [-0.05, 0) is 50.7 Å². The van der Waals surface area contributed by atoms with E-state index in [1.165, 1.54) is 0 Å². The van der Waals surface area contributed by atoms with Crippen molar-refractivity contribution in [3.05, 3.63) is 78.4 Å². The fourth-order valence-electron chi connectivity index (χ4n) is 4.25. The number of para-hydroxylation sites is 1. The van der Waals surface area contributed by atoms with Gasteiger partial charge < -0.3 is 16.0 Å². The van der Waals surface area contributed by atoms with Crippen LogP contribution in [0.2, 0.25) is 0 Å². The van der Waals surface area contributed by atoms with E-state index in [-0.39, 0.29) is 5.91 Å². The van der Waals surface area contributed by atoms with Gasteiger partial charge in [-0.2, -0.15) is 5.10 Å². The average Bonchev–Trinajstić information content (AvgIpc) is 3.50. The first-order valence-corrected chi connectivity index (χ1v) is 12.3. The van der Waals surface area contributed by atoms with Gasteiger partial charge in [-0.1, -0.05) is 30.3 Å². The second kappa shape index (κ2) is 11.7. The number of nitrogens with zero attached hydrogens (tertiary/aromatic N) is 5. The zero-order chi connectivity index (χ0) is 26.4. The molecule has 0 aliphatic carbocycles. The van der Waals surface area contributed by atoms with Crippen molar-refractivity contribution in [1.29, 1.82) is 0 Å². The summed E-state index contributed by atoms with van der Waals surface area (Å²) in [5.41, 5.74) is 10.3. The maximum Gasteiger partial charge on any atom is 0.249 e. The standard InChI is InChI=1S/C28H33N7O2/c1-33(2)16-15-30-25(36)14-7-9-21-19-35(22-10-5-4-6-11-22)28(32-21)26-23(20-17-31-34(3)18-20)12-8-13-24(26)27(29)37/h4-6,8,10-13,17-19H,7,9,14-16H2,1-3H3,(H2,29,37)(H,30,36). The highest BCUT2D eigenvalue weighted by Crippen LogP contribution is 2.35. The van der Waals surface area contributed by atoms with Gasteiger partial charge in [0.2, 0.25) is 11.8 Å². The third-order valence-electron chi connectivity index (χ3n) is 6.08. The molecule has 4 rings (SSSR count). The number of likely N-dealkylation sites (N-methyl/N-ethyl adjacent to an activating group) is 1. The topological polar surface area (TPSA) is 111 Å². The van der Waals surface area contributed by atoms with Crippen LogP contribution in [0, 0.1) is 0 Å². The number of imidazole rings is 1. The van der Waals surface area contributed by atoms with Crippen LogP contribution >= 0.6 is 0 Å². The number of carbonyl (C=O) groups excluding carboxylic acids is 2. The first-order chi connectivity index (χ1) is 17.8. The summed E-state index contributed by atoms with van der Waals surface area (Å²) < 4.78 is 3.70. The van der Waals surface area contributed by atoms with Crippen molar-refractivity contribution in [3.63, 3.8) is 0 Å². The number of rotatable bonds is 11. The number of aromatic nitrogens is 4. The molecule has 2 amide bonds. The predicted octanol–water partition coefficient (Wildman–Crippen LogP) is 3.04. The largest absolute Gasteiger partial charge is 0.366 e. The molecular weight excluding hydrogens is 466 g/mol. The molecule has 192 valence electrons. The lowest BCUT2D eigenvalue weighted by Gasteiger charge is -2.14. The maximum atomic E-state index is 12.5. The van der Waals surface area contributed by atoms with Gasteiger partial charge in [-0.15, -0.1) is 0 Å². The molecule has 0 saturated carbocycles. The second-order valence-corrected chi connectivity index (χ2v) is 9.26. The molecule has 0 aliphatic rings. The van der Waals surface area contributed by atoms with E-state index in [1.54, 1.807) is 16.9 Å². The summed E-state index contributed by atoms with van der Waals surface area (Å²) in [7, 11) is 5.80. The highest BCUT2D eigenvalue weighted by atomic mass is 16.1. The monoisotopic (exact) mass is 499 g/mol. The smallest absolute Gasteiger partial charge is 0.249 e. The quantitative estimate of drug-likeness (QED) is 0.330. The van der Waals surface area contributed by atoms with Gasteiger partial charge in [0.15, 0.2) is 0 Å². The number of benzene rings is 2. The van der Waals surface area contributed by atoms with Crippen molar-refractivity contribution in [2.24, 2.45) is 12.8 Å². The van der Waals surface area contributed by atoms with Gasteiger partial charge in [-0.25, -0.2) is 4.98 Å². The lowest BCUT2D eigenvalue weighted by Crippen LogP contribution is -2.31. The molecule has 3 N–H and O–H groups in total. The van der Waals surface area contributed by atoms with Crippen LogP contribution in [0.1, 0.15) is 28.9 Å². The molecule has 4 aromatic rings. The van der Waals surface area contributed by atoms with Gasteiger partial charge in [0.05, 0.1) is 17.5 Å². The summed E-state index contributed by atoms with van der Waals surface area (Å²) in [5, 5.41) is 7.26. The molecule has 0 aliphatic heterocycles. The van der Waals surface area contributed by atoms with Crippen LogP contribution in [0.4, 0.5) is 0 Å². The van der Waals surface area contributed by atoms with Crippen molar-refractivity contribution in [3.8, 4) is 28.2 Å². The normalized spacial score (nSPS) is 11.1. The van der Waals surface area contributed by atoms with Crippen molar-refractivity contribution in [1.82, 2.24) is 29.5 Å². The van der Waals surface area contributed by atoms with Crippen molar-refractivity contribution >= 4 is 11.8 Å². The molecule has 0 unspecified atom stereocenters. The Bertz CT molecular complexity index is 1370. The van der Waals surface area contributed by atoms with Gasteiger partial charge in [0, 0.05) is 55.8 Å². The van der Waals surface area contributed by atoms with Gasteiger partial charge in [-0.3, -0.25) is 18.8 Å². The Morgan fingerprint density at radius 2 is 1.84 bits per heavy atom. The first kappa shape index (κ1) is 25.8. The van der Waals surface area contributed by atoms with Crippen LogP contribution in [0.15, 0.2) is 67.1 Å². The zero-order valence-corrected chi connectivity index (χ0v) is 21.5. The number of hydrogen-bond donors (Lipinski definition) is 2. The van der Waals surface area contributed by atoms with E-state index < -0.39 is 5.91 Å². The van der Waals surface area contributed by atoms with E-state index in [4.69, 9.17) is 10.7 Å². The first-order valence-electron chi connectivity index (χ1n) is 12.3. The maximum absolute atomic E-state index is 12.5. The van der Waals surface area contributed by atoms with E-state index in [1.807, 2.05) is 85.5 Å². The molecule has 0 radical (unpaired) electrons. The van der Waals surface area contributed by atoms with Crippen LogP contribution < -0.4 is 11.1 Å². The molecule has 37 heavy (non-hydrogen) atoms. The summed E-state index contributed by atoms with van der Waals surface area (Å²) in [5.74, 6) is 0.117. The summed E-state index contributed by atoms with van der Waals surface area (Å²) in [6.07, 6.45) is 7.32. The van der Waals surface area contributed by atoms with E-state index in [9.17, 15) is 9.59 Å². The number of aryl methyl sites for hydroxylation is 2. The molecule has 9 heteroatoms. The summed E-state index contributed by atoms with van der Waals surface area (Å²) >= 11 is 0. The number of carbonyl (C=O) groups is 2. The molecule has 0 atom stereocenters. The Hall–Kier alpha value is -4.24. The number of amides is 2. The Labute approximate surface area is 216 Å². The second-order valence-electron chi connectivity index (χ2n) is 9.26. The molecule has 9 nitrogen and oxygen atoms in total. The number of primary amides is 1. The van der Waals surface area contributed by atoms with Crippen LogP contribution in [-0.4, -0.2) is 63.2 Å². The molecule has 0 saturated heterocycles. The third-order valence-corrected chi connectivity index (χ3v) is 6.08. The van der Waals surface area contributed by atoms with Crippen LogP contribution in [-0.2, 0) is 18.3 Å². The summed E-state index contributed by atoms with van der Waals surface area (Å²) in [6, 6.07) is 15.3. The van der Waals surface area contributed by atoms with Gasteiger partial charge in [0.25, 0.3) is 0 Å². The Kier molecular flexibility index (Phi) is 8.15. The van der Waals surface area contributed by atoms with E-state index in [2.05, 4.69) is 10.4 Å². The molecule has 2 aromatic carbocycles. The number of hydrogen-bond acceptors (Lipinski definition) is 5. The third kappa shape index (κ3) is 6.31. The van der Waals surface area contributed by atoms with Crippen molar-refractivity contribution in [2.45, 2.75) is 19.3 Å². The molecular formula is C28H33N7O2. The fourth-order valence-corrected chi connectivity index (χ4v) is 4.25. The molecule has 2 heterocycles. The van der Waals surface area contributed by atoms with Crippen LogP contribution in [0.3, 0.4) is 0 Å². The van der Waals surface area contributed by atoms with Gasteiger partial charge >= 0.3 is 0 Å². The van der Waals surface area contributed by atoms with E-state index >= 15 is 0 Å². The Morgan fingerprint density at radius 1 is 1.05 bits per heavy atom. The lowest BCUT2D eigenvalue weighted by molar-refractivity contribution is -0.121. The molecule has 0 fully saturated rings. The zero-order valence-electron chi connectivity index (χ0n) is 21.5. The minimum absolute atomic E-state index is 0.0301. The summed E-state index contributed by atoms with van der Waals surface area (Å²) in [4.78, 5) is 31.8. The number of nitrogens with one attached hydrogen (secondary N) is 1. The number of nitrogens with two attached hydrogens (primary N) is 1. The predicted molar refractivity (Wildman–Crippen MR) is 144 cm³/mol. The Morgan fingerprint density at radius 3 is 2.51 bits per heavy atom. The van der Waals surface area contributed by atoms with Gasteiger partial charge in [0.1, 0.15) is 5.82 Å². The van der Waals surface area contributed by atoms with Crippen LogP contribution in [0.25, 0.3) is 28.2 Å². The minimum Gasteiger partial charge on any atom is -0.366 e. The summed E-state index contributed by atoms with van der Waals surface area (Å²) in [6.45, 7) is 1.43. The SMILES string of the molecule is CN(C)CCNC(=O)CCCc1cn(-c2ccccc2)c(-c2c(C(N)=O)cccc2-c2cnn(C)c2)n1. The molecule has 2 aromatic heterocycles. The highest BCUT2D eigenvalue weighted by Gasteiger charge is 2.22.